The fraction of sp³-hybridized carbons (Fsp3) is 0.214. The fourth-order valence-electron chi connectivity index (χ4n) is 1.53. The zero-order chi connectivity index (χ0) is 13.7. The maximum atomic E-state index is 11.6. The standard InChI is InChI=1S/C14H14N2O3/c1-11-8-15-13(9-16(11)18)7-14(17)19-10-12-5-3-2-4-6-12/h2-6,8-9H,7,10H2,1H3. The molecule has 5 nitrogen and oxygen atoms in total. The SMILES string of the molecule is Cc1cnc(CC(=O)OCc2ccccc2)c[n+]1[O-]. The molecule has 2 rings (SSSR count). The third-order valence-corrected chi connectivity index (χ3v) is 2.60. The third kappa shape index (κ3) is 3.77. The van der Waals surface area contributed by atoms with Crippen LogP contribution in [0.25, 0.3) is 0 Å². The van der Waals surface area contributed by atoms with Crippen molar-refractivity contribution in [1.29, 1.82) is 0 Å². The van der Waals surface area contributed by atoms with E-state index in [-0.39, 0.29) is 13.0 Å². The topological polar surface area (TPSA) is 66.1 Å². The zero-order valence-electron chi connectivity index (χ0n) is 10.6. The summed E-state index contributed by atoms with van der Waals surface area (Å²) in [5.74, 6) is -0.403. The number of carbonyl (C=O) groups is 1. The molecule has 0 radical (unpaired) electrons. The number of rotatable bonds is 4. The highest BCUT2D eigenvalue weighted by Crippen LogP contribution is 2.02. The summed E-state index contributed by atoms with van der Waals surface area (Å²) in [6, 6.07) is 9.41. The lowest BCUT2D eigenvalue weighted by atomic mass is 10.2. The second-order valence-corrected chi connectivity index (χ2v) is 4.17. The molecule has 0 unspecified atom stereocenters. The molecule has 98 valence electrons. The van der Waals surface area contributed by atoms with Crippen LogP contribution in [0, 0.1) is 12.1 Å². The Morgan fingerprint density at radius 3 is 2.79 bits per heavy atom. The van der Waals surface area contributed by atoms with Crippen LogP contribution in [0.5, 0.6) is 0 Å². The number of nitrogens with zero attached hydrogens (tertiary/aromatic N) is 2. The number of hydrogen-bond donors (Lipinski definition) is 0. The van der Waals surface area contributed by atoms with E-state index >= 15 is 0 Å². The van der Waals surface area contributed by atoms with Crippen molar-refractivity contribution in [3.63, 3.8) is 0 Å². The van der Waals surface area contributed by atoms with E-state index in [0.29, 0.717) is 16.1 Å². The van der Waals surface area contributed by atoms with E-state index in [2.05, 4.69) is 4.98 Å². The normalized spacial score (nSPS) is 10.2. The van der Waals surface area contributed by atoms with Gasteiger partial charge in [-0.25, -0.2) is 4.98 Å². The van der Waals surface area contributed by atoms with Crippen LogP contribution in [-0.2, 0) is 22.6 Å². The van der Waals surface area contributed by atoms with Crippen LogP contribution in [0.4, 0.5) is 0 Å². The van der Waals surface area contributed by atoms with Crippen molar-refractivity contribution in [2.75, 3.05) is 0 Å². The van der Waals surface area contributed by atoms with Gasteiger partial charge in [-0.3, -0.25) is 4.79 Å². The number of aromatic nitrogens is 2. The Kier molecular flexibility index (Phi) is 4.07. The summed E-state index contributed by atoms with van der Waals surface area (Å²) in [5, 5.41) is 11.3. The van der Waals surface area contributed by atoms with Gasteiger partial charge in [-0.1, -0.05) is 30.3 Å². The monoisotopic (exact) mass is 258 g/mol. The maximum Gasteiger partial charge on any atom is 0.312 e. The predicted molar refractivity (Wildman–Crippen MR) is 67.9 cm³/mol. The lowest BCUT2D eigenvalue weighted by molar-refractivity contribution is -0.613. The van der Waals surface area contributed by atoms with E-state index < -0.39 is 5.97 Å². The summed E-state index contributed by atoms with van der Waals surface area (Å²) in [6.45, 7) is 1.88. The van der Waals surface area contributed by atoms with E-state index in [1.807, 2.05) is 30.3 Å². The van der Waals surface area contributed by atoms with Gasteiger partial charge in [0.25, 0.3) is 0 Å². The molecule has 2 aromatic rings. The Hall–Kier alpha value is -2.43. The number of carbonyl (C=O) groups excluding carboxylic acids is 1. The van der Waals surface area contributed by atoms with E-state index in [1.165, 1.54) is 12.4 Å². The van der Waals surface area contributed by atoms with Gasteiger partial charge >= 0.3 is 5.97 Å². The summed E-state index contributed by atoms with van der Waals surface area (Å²) < 4.78 is 5.80. The van der Waals surface area contributed by atoms with Crippen LogP contribution in [-0.4, -0.2) is 11.0 Å². The third-order valence-electron chi connectivity index (χ3n) is 2.60. The summed E-state index contributed by atoms with van der Waals surface area (Å²) in [7, 11) is 0. The molecule has 0 N–H and O–H groups in total. The highest BCUT2D eigenvalue weighted by atomic mass is 16.5. The van der Waals surface area contributed by atoms with Crippen molar-refractivity contribution >= 4 is 5.97 Å². The Bertz CT molecular complexity index is 570. The molecule has 5 heteroatoms. The van der Waals surface area contributed by atoms with Gasteiger partial charge in [0.2, 0.25) is 11.9 Å². The summed E-state index contributed by atoms with van der Waals surface area (Å²) in [6.07, 6.45) is 2.72. The van der Waals surface area contributed by atoms with Crippen molar-refractivity contribution in [1.82, 2.24) is 4.98 Å². The van der Waals surface area contributed by atoms with Crippen molar-refractivity contribution < 1.29 is 14.3 Å². The second-order valence-electron chi connectivity index (χ2n) is 4.17. The van der Waals surface area contributed by atoms with Gasteiger partial charge in [-0.2, -0.15) is 4.73 Å². The first-order valence-corrected chi connectivity index (χ1v) is 5.89. The number of hydrogen-bond acceptors (Lipinski definition) is 4. The van der Waals surface area contributed by atoms with Crippen molar-refractivity contribution in [3.8, 4) is 0 Å². The molecule has 1 heterocycles. The average Bonchev–Trinajstić information content (AvgIpc) is 2.42. The van der Waals surface area contributed by atoms with E-state index in [1.54, 1.807) is 6.92 Å². The molecular weight excluding hydrogens is 244 g/mol. The Labute approximate surface area is 111 Å². The van der Waals surface area contributed by atoms with Gasteiger partial charge in [0.15, 0.2) is 0 Å². The molecule has 0 spiro atoms. The number of aryl methyl sites for hydroxylation is 1. The molecule has 1 aromatic carbocycles. The molecular formula is C14H14N2O3. The molecule has 0 aliphatic heterocycles. The van der Waals surface area contributed by atoms with Gasteiger partial charge in [-0.15, -0.1) is 0 Å². The largest absolute Gasteiger partial charge is 0.618 e. The van der Waals surface area contributed by atoms with Gasteiger partial charge in [0, 0.05) is 6.92 Å². The van der Waals surface area contributed by atoms with E-state index in [4.69, 9.17) is 4.74 Å². The lowest BCUT2D eigenvalue weighted by Crippen LogP contribution is -2.31. The minimum Gasteiger partial charge on any atom is -0.618 e. The molecule has 0 aliphatic rings. The zero-order valence-corrected chi connectivity index (χ0v) is 10.6. The van der Waals surface area contributed by atoms with E-state index in [0.717, 1.165) is 5.56 Å². The van der Waals surface area contributed by atoms with Crippen molar-refractivity contribution in [2.45, 2.75) is 20.0 Å². The molecule has 0 fully saturated rings. The Balaban J connectivity index is 1.89. The Morgan fingerprint density at radius 1 is 1.37 bits per heavy atom. The first-order chi connectivity index (χ1) is 9.15. The first kappa shape index (κ1) is 13.0. The summed E-state index contributed by atoms with van der Waals surface area (Å²) >= 11 is 0. The number of ether oxygens (including phenoxy) is 1. The van der Waals surface area contributed by atoms with Gasteiger partial charge in [-0.05, 0) is 5.56 Å². The van der Waals surface area contributed by atoms with Gasteiger partial charge < -0.3 is 9.94 Å². The van der Waals surface area contributed by atoms with Crippen LogP contribution < -0.4 is 4.73 Å². The van der Waals surface area contributed by atoms with Crippen LogP contribution in [0.15, 0.2) is 42.7 Å². The molecule has 0 amide bonds. The van der Waals surface area contributed by atoms with Crippen LogP contribution in [0.3, 0.4) is 0 Å². The highest BCUT2D eigenvalue weighted by molar-refractivity contribution is 5.71. The first-order valence-electron chi connectivity index (χ1n) is 5.89. The van der Waals surface area contributed by atoms with Crippen molar-refractivity contribution in [2.24, 2.45) is 0 Å². The molecule has 0 saturated carbocycles. The molecule has 0 atom stereocenters. The molecule has 1 aromatic heterocycles. The fourth-order valence-corrected chi connectivity index (χ4v) is 1.53. The molecule has 19 heavy (non-hydrogen) atoms. The van der Waals surface area contributed by atoms with Gasteiger partial charge in [0.1, 0.15) is 12.3 Å². The smallest absolute Gasteiger partial charge is 0.312 e. The maximum absolute atomic E-state index is 11.6. The van der Waals surface area contributed by atoms with Crippen molar-refractivity contribution in [3.05, 3.63) is 64.9 Å². The van der Waals surface area contributed by atoms with Crippen LogP contribution in [0.2, 0.25) is 0 Å². The molecule has 0 bridgehead atoms. The summed E-state index contributed by atoms with van der Waals surface area (Å²) in [5.41, 5.74) is 1.81. The minimum absolute atomic E-state index is 0.00461. The predicted octanol–water partition coefficient (Wildman–Crippen LogP) is 1.31. The minimum atomic E-state index is -0.403. The Morgan fingerprint density at radius 2 is 2.11 bits per heavy atom. The quantitative estimate of drug-likeness (QED) is 0.471. The second kappa shape index (κ2) is 5.95. The molecule has 0 saturated heterocycles. The van der Waals surface area contributed by atoms with Gasteiger partial charge in [0.05, 0.1) is 12.6 Å². The number of benzene rings is 1. The highest BCUT2D eigenvalue weighted by Gasteiger charge is 2.10. The average molecular weight is 258 g/mol. The van der Waals surface area contributed by atoms with Crippen LogP contribution >= 0.6 is 0 Å². The molecule has 0 aliphatic carbocycles. The van der Waals surface area contributed by atoms with Crippen LogP contribution in [0.1, 0.15) is 17.0 Å². The summed E-state index contributed by atoms with van der Waals surface area (Å²) in [4.78, 5) is 15.6. The van der Waals surface area contributed by atoms with E-state index in [9.17, 15) is 10.0 Å². The number of esters is 1. The lowest BCUT2D eigenvalue weighted by Gasteiger charge is -2.05.